The fraction of sp³-hybridized carbons (Fsp3) is 0.462. The highest BCUT2D eigenvalue weighted by Crippen LogP contribution is 2.22. The second kappa shape index (κ2) is 6.57. The van der Waals surface area contributed by atoms with Gasteiger partial charge in [0.15, 0.2) is 0 Å². The highest BCUT2D eigenvalue weighted by Gasteiger charge is 2.28. The van der Waals surface area contributed by atoms with E-state index in [4.69, 9.17) is 0 Å². The number of carbonyl (C=O) groups is 1. The van der Waals surface area contributed by atoms with Gasteiger partial charge in [-0.05, 0) is 25.5 Å². The van der Waals surface area contributed by atoms with Gasteiger partial charge in [0.1, 0.15) is 5.75 Å². The summed E-state index contributed by atoms with van der Waals surface area (Å²) in [6.07, 6.45) is 0.813. The van der Waals surface area contributed by atoms with Crippen LogP contribution in [0.2, 0.25) is 0 Å². The number of phenolic OH excluding ortho intramolecular Hbond substituents is 1. The van der Waals surface area contributed by atoms with Crippen LogP contribution in [0.5, 0.6) is 5.75 Å². The molecule has 0 aliphatic carbocycles. The van der Waals surface area contributed by atoms with Crippen molar-refractivity contribution < 1.29 is 9.90 Å². The fourth-order valence-corrected chi connectivity index (χ4v) is 3.56. The fourth-order valence-electron chi connectivity index (χ4n) is 1.56. The molecule has 0 unspecified atom stereocenters. The molecule has 0 spiro atoms. The smallest absolute Gasteiger partial charge is 0.252 e. The maximum atomic E-state index is 12.2. The van der Waals surface area contributed by atoms with Crippen molar-refractivity contribution in [3.8, 4) is 5.75 Å². The third-order valence-corrected chi connectivity index (χ3v) is 5.26. The van der Waals surface area contributed by atoms with Gasteiger partial charge in [0.25, 0.3) is 5.91 Å². The number of carbonyl (C=O) groups excluding carboxylic acids is 1. The van der Waals surface area contributed by atoms with Gasteiger partial charge in [-0.2, -0.15) is 0 Å². The molecule has 0 atom stereocenters. The van der Waals surface area contributed by atoms with E-state index in [1.54, 1.807) is 25.1 Å². The van der Waals surface area contributed by atoms with Gasteiger partial charge < -0.3 is 10.4 Å². The average molecular weight is 379 g/mol. The lowest BCUT2D eigenvalue weighted by molar-refractivity contribution is 0.0914. The molecule has 3 nitrogen and oxygen atoms in total. The van der Waals surface area contributed by atoms with E-state index in [9.17, 15) is 9.90 Å². The van der Waals surface area contributed by atoms with E-state index in [0.717, 1.165) is 6.42 Å². The molecule has 0 radical (unpaired) electrons. The van der Waals surface area contributed by atoms with Crippen molar-refractivity contribution in [2.24, 2.45) is 0 Å². The first kappa shape index (κ1) is 15.5. The van der Waals surface area contributed by atoms with Crippen LogP contribution in [-0.2, 0) is 0 Å². The van der Waals surface area contributed by atoms with Crippen LogP contribution in [0.4, 0.5) is 0 Å². The molecule has 0 heterocycles. The summed E-state index contributed by atoms with van der Waals surface area (Å²) in [7, 11) is 0. The van der Waals surface area contributed by atoms with E-state index in [1.165, 1.54) is 0 Å². The van der Waals surface area contributed by atoms with E-state index in [-0.39, 0.29) is 17.2 Å². The summed E-state index contributed by atoms with van der Waals surface area (Å²) in [6.45, 7) is 3.76. The summed E-state index contributed by atoms with van der Waals surface area (Å²) in [5.41, 5.74) is 0.800. The van der Waals surface area contributed by atoms with Crippen LogP contribution >= 0.6 is 31.9 Å². The van der Waals surface area contributed by atoms with Gasteiger partial charge in [-0.15, -0.1) is 0 Å². The molecule has 5 heteroatoms. The Morgan fingerprint density at radius 3 is 2.50 bits per heavy atom. The molecule has 0 aliphatic rings. The minimum absolute atomic E-state index is 0.141. The highest BCUT2D eigenvalue weighted by molar-refractivity contribution is 9.09. The molecular formula is C13H17Br2NO2. The SMILES string of the molecule is CCC(CBr)(CBr)NC(=O)c1cccc(O)c1C. The standard InChI is InChI=1S/C13H17Br2NO2/c1-3-13(7-14,8-15)16-12(18)10-5-4-6-11(17)9(10)2/h4-6,17H,3,7-8H2,1-2H3,(H,16,18). The van der Waals surface area contributed by atoms with Crippen molar-refractivity contribution in [3.05, 3.63) is 29.3 Å². The van der Waals surface area contributed by atoms with E-state index in [1.807, 2.05) is 6.92 Å². The molecular weight excluding hydrogens is 362 g/mol. The van der Waals surface area contributed by atoms with Crippen LogP contribution in [0.1, 0.15) is 29.3 Å². The van der Waals surface area contributed by atoms with E-state index >= 15 is 0 Å². The van der Waals surface area contributed by atoms with Crippen LogP contribution in [0.3, 0.4) is 0 Å². The summed E-state index contributed by atoms with van der Waals surface area (Å²) in [4.78, 5) is 12.2. The number of hydrogen-bond acceptors (Lipinski definition) is 2. The summed E-state index contributed by atoms with van der Waals surface area (Å²) in [5.74, 6) is -0.0217. The molecule has 1 amide bonds. The van der Waals surface area contributed by atoms with E-state index in [2.05, 4.69) is 37.2 Å². The van der Waals surface area contributed by atoms with Gasteiger partial charge >= 0.3 is 0 Å². The highest BCUT2D eigenvalue weighted by atomic mass is 79.9. The Labute approximate surface area is 124 Å². The molecule has 2 N–H and O–H groups in total. The first-order chi connectivity index (χ1) is 8.49. The monoisotopic (exact) mass is 377 g/mol. The average Bonchev–Trinajstić information content (AvgIpc) is 2.39. The molecule has 0 aromatic heterocycles. The Kier molecular flexibility index (Phi) is 5.66. The molecule has 0 saturated heterocycles. The van der Waals surface area contributed by atoms with Gasteiger partial charge in [-0.25, -0.2) is 0 Å². The predicted octanol–water partition coefficient (Wildman–Crippen LogP) is 3.37. The Hall–Kier alpha value is -0.550. The van der Waals surface area contributed by atoms with Crippen molar-refractivity contribution in [1.29, 1.82) is 0 Å². The minimum Gasteiger partial charge on any atom is -0.508 e. The largest absolute Gasteiger partial charge is 0.508 e. The molecule has 1 rings (SSSR count). The van der Waals surface area contributed by atoms with Gasteiger partial charge in [0.05, 0.1) is 5.54 Å². The predicted molar refractivity (Wildman–Crippen MR) is 80.9 cm³/mol. The number of alkyl halides is 2. The third-order valence-electron chi connectivity index (χ3n) is 3.12. The Balaban J connectivity index is 2.98. The van der Waals surface area contributed by atoms with Crippen molar-refractivity contribution >= 4 is 37.8 Å². The number of hydrogen-bond donors (Lipinski definition) is 2. The molecule has 18 heavy (non-hydrogen) atoms. The van der Waals surface area contributed by atoms with Crippen molar-refractivity contribution in [2.45, 2.75) is 25.8 Å². The molecule has 0 saturated carbocycles. The molecule has 0 bridgehead atoms. The van der Waals surface area contributed by atoms with Crippen molar-refractivity contribution in [2.75, 3.05) is 10.7 Å². The van der Waals surface area contributed by atoms with Crippen LogP contribution in [0.15, 0.2) is 18.2 Å². The minimum atomic E-state index is -0.311. The van der Waals surface area contributed by atoms with Gasteiger partial charge in [-0.3, -0.25) is 4.79 Å². The molecule has 1 aromatic rings. The van der Waals surface area contributed by atoms with Crippen molar-refractivity contribution in [1.82, 2.24) is 5.32 Å². The normalized spacial score (nSPS) is 11.3. The second-order valence-electron chi connectivity index (χ2n) is 4.30. The zero-order valence-electron chi connectivity index (χ0n) is 10.5. The van der Waals surface area contributed by atoms with E-state index in [0.29, 0.717) is 21.8 Å². The summed E-state index contributed by atoms with van der Waals surface area (Å²) in [5, 5.41) is 14.0. The lowest BCUT2D eigenvalue weighted by Gasteiger charge is -2.30. The van der Waals surface area contributed by atoms with Crippen LogP contribution in [0, 0.1) is 6.92 Å². The second-order valence-corrected chi connectivity index (χ2v) is 5.43. The quantitative estimate of drug-likeness (QED) is 0.771. The van der Waals surface area contributed by atoms with Crippen LogP contribution in [0.25, 0.3) is 0 Å². The zero-order chi connectivity index (χ0) is 13.8. The number of halogens is 2. The van der Waals surface area contributed by atoms with Gasteiger partial charge in [0.2, 0.25) is 0 Å². The number of aromatic hydroxyl groups is 1. The molecule has 100 valence electrons. The molecule has 0 fully saturated rings. The topological polar surface area (TPSA) is 49.3 Å². The lowest BCUT2D eigenvalue weighted by Crippen LogP contribution is -2.51. The summed E-state index contributed by atoms with van der Waals surface area (Å²) in [6, 6.07) is 4.97. The van der Waals surface area contributed by atoms with Crippen LogP contribution < -0.4 is 5.32 Å². The number of rotatable bonds is 5. The number of amides is 1. The maximum Gasteiger partial charge on any atom is 0.252 e. The summed E-state index contributed by atoms with van der Waals surface area (Å²) >= 11 is 6.87. The zero-order valence-corrected chi connectivity index (χ0v) is 13.6. The van der Waals surface area contributed by atoms with Crippen molar-refractivity contribution in [3.63, 3.8) is 0 Å². The van der Waals surface area contributed by atoms with Crippen LogP contribution in [-0.4, -0.2) is 27.2 Å². The van der Waals surface area contributed by atoms with Gasteiger partial charge in [-0.1, -0.05) is 44.8 Å². The third kappa shape index (κ3) is 3.26. The van der Waals surface area contributed by atoms with E-state index < -0.39 is 0 Å². The lowest BCUT2D eigenvalue weighted by atomic mass is 10.00. The number of benzene rings is 1. The first-order valence-electron chi connectivity index (χ1n) is 5.72. The Morgan fingerprint density at radius 2 is 2.00 bits per heavy atom. The first-order valence-corrected chi connectivity index (χ1v) is 7.97. The molecule has 1 aromatic carbocycles. The molecule has 0 aliphatic heterocycles. The maximum absolute atomic E-state index is 12.2. The van der Waals surface area contributed by atoms with Gasteiger partial charge in [0, 0.05) is 21.8 Å². The Bertz CT molecular complexity index is 423. The Morgan fingerprint density at radius 1 is 1.39 bits per heavy atom. The number of phenols is 1. The summed E-state index contributed by atoms with van der Waals surface area (Å²) < 4.78 is 0. The number of nitrogens with one attached hydrogen (secondary N) is 1.